The fourth-order valence-electron chi connectivity index (χ4n) is 2.99. The van der Waals surface area contributed by atoms with Gasteiger partial charge in [-0.1, -0.05) is 39.8 Å². The summed E-state index contributed by atoms with van der Waals surface area (Å²) in [6.07, 6.45) is 4.09. The molecule has 0 N–H and O–H groups in total. The molecule has 0 aromatic heterocycles. The van der Waals surface area contributed by atoms with E-state index >= 15 is 0 Å². The minimum atomic E-state index is 0.296. The zero-order chi connectivity index (χ0) is 8.28. The second-order valence-corrected chi connectivity index (χ2v) is 5.78. The highest BCUT2D eigenvalue weighted by Gasteiger charge is 2.70. The van der Waals surface area contributed by atoms with Crippen LogP contribution in [0.2, 0.25) is 0 Å². The van der Waals surface area contributed by atoms with Crippen molar-refractivity contribution in [2.45, 2.75) is 44.8 Å². The fraction of sp³-hybridized carbons (Fsp3) is 1.00. The Morgan fingerprint density at radius 3 is 2.36 bits per heavy atom. The second-order valence-electron chi connectivity index (χ2n) is 5.05. The van der Waals surface area contributed by atoms with Crippen LogP contribution in [0.4, 0.5) is 0 Å². The van der Waals surface area contributed by atoms with Gasteiger partial charge >= 0.3 is 0 Å². The van der Waals surface area contributed by atoms with E-state index in [-0.39, 0.29) is 0 Å². The van der Waals surface area contributed by atoms with Crippen LogP contribution < -0.4 is 0 Å². The SMILES string of the molecule is CC1CCC2C(C)(C)C2([S])C1. The standard InChI is InChI=1S/C10H17S/c1-7-4-5-8-9(2,3)10(8,11)6-7/h7-8H,4-6H2,1-3H3. The molecular weight excluding hydrogens is 152 g/mol. The van der Waals surface area contributed by atoms with Crippen molar-refractivity contribution in [3.05, 3.63) is 0 Å². The Hall–Kier alpha value is 0.350. The Bertz CT molecular complexity index is 185. The minimum Gasteiger partial charge on any atom is -0.0858 e. The highest BCUT2D eigenvalue weighted by molar-refractivity contribution is 7.82. The monoisotopic (exact) mass is 169 g/mol. The van der Waals surface area contributed by atoms with Gasteiger partial charge in [0.1, 0.15) is 0 Å². The molecule has 1 heteroatoms. The number of hydrogen-bond donors (Lipinski definition) is 0. The molecule has 2 saturated carbocycles. The van der Waals surface area contributed by atoms with Crippen molar-refractivity contribution >= 4 is 12.6 Å². The third-order valence-electron chi connectivity index (χ3n) is 4.04. The summed E-state index contributed by atoms with van der Waals surface area (Å²) in [5.41, 5.74) is 0.479. The van der Waals surface area contributed by atoms with Gasteiger partial charge in [-0.25, -0.2) is 0 Å². The third kappa shape index (κ3) is 0.838. The maximum atomic E-state index is 5.68. The Labute approximate surface area is 75.2 Å². The quantitative estimate of drug-likeness (QED) is 0.521. The van der Waals surface area contributed by atoms with E-state index in [0.717, 1.165) is 11.8 Å². The summed E-state index contributed by atoms with van der Waals surface area (Å²) in [5.74, 6) is 1.74. The molecular formula is C10H17S. The smallest absolute Gasteiger partial charge is 0.0354 e. The van der Waals surface area contributed by atoms with Gasteiger partial charge in [0.05, 0.1) is 0 Å². The van der Waals surface area contributed by atoms with E-state index in [0.29, 0.717) is 10.2 Å². The van der Waals surface area contributed by atoms with Crippen molar-refractivity contribution in [2.75, 3.05) is 0 Å². The first-order chi connectivity index (χ1) is 4.98. The Kier molecular flexibility index (Phi) is 1.44. The van der Waals surface area contributed by atoms with E-state index in [1.807, 2.05) is 0 Å². The van der Waals surface area contributed by atoms with Gasteiger partial charge in [0, 0.05) is 4.75 Å². The first-order valence-electron chi connectivity index (χ1n) is 4.69. The molecule has 0 amide bonds. The molecule has 2 aliphatic carbocycles. The maximum absolute atomic E-state index is 5.68. The highest BCUT2D eigenvalue weighted by atomic mass is 32.1. The summed E-state index contributed by atoms with van der Waals surface area (Å²) in [6, 6.07) is 0. The van der Waals surface area contributed by atoms with Gasteiger partial charge in [-0.05, 0) is 30.1 Å². The molecule has 0 nitrogen and oxygen atoms in total. The van der Waals surface area contributed by atoms with Gasteiger partial charge in [-0.15, -0.1) is 0 Å². The van der Waals surface area contributed by atoms with Crippen LogP contribution in [0.15, 0.2) is 0 Å². The van der Waals surface area contributed by atoms with E-state index in [2.05, 4.69) is 20.8 Å². The molecule has 63 valence electrons. The van der Waals surface area contributed by atoms with Crippen molar-refractivity contribution in [1.82, 2.24) is 0 Å². The van der Waals surface area contributed by atoms with Crippen LogP contribution in [-0.4, -0.2) is 4.75 Å². The summed E-state index contributed by atoms with van der Waals surface area (Å²) < 4.78 is 0.296. The van der Waals surface area contributed by atoms with Gasteiger partial charge in [0.15, 0.2) is 0 Å². The molecule has 0 aliphatic heterocycles. The van der Waals surface area contributed by atoms with Crippen LogP contribution in [0.3, 0.4) is 0 Å². The summed E-state index contributed by atoms with van der Waals surface area (Å²) in [5, 5.41) is 0. The minimum absolute atomic E-state index is 0.296. The lowest BCUT2D eigenvalue weighted by Gasteiger charge is -2.22. The van der Waals surface area contributed by atoms with Crippen LogP contribution in [0.5, 0.6) is 0 Å². The van der Waals surface area contributed by atoms with Gasteiger partial charge in [-0.3, -0.25) is 0 Å². The van der Waals surface area contributed by atoms with Crippen molar-refractivity contribution < 1.29 is 0 Å². The summed E-state index contributed by atoms with van der Waals surface area (Å²) >= 11 is 5.68. The van der Waals surface area contributed by atoms with Gasteiger partial charge in [-0.2, -0.15) is 0 Å². The summed E-state index contributed by atoms with van der Waals surface area (Å²) in [6.45, 7) is 7.05. The molecule has 11 heavy (non-hydrogen) atoms. The highest BCUT2D eigenvalue weighted by Crippen LogP contribution is 2.72. The molecule has 0 spiro atoms. The lowest BCUT2D eigenvalue weighted by molar-refractivity contribution is 0.388. The van der Waals surface area contributed by atoms with Crippen molar-refractivity contribution in [1.29, 1.82) is 0 Å². The number of hydrogen-bond acceptors (Lipinski definition) is 0. The molecule has 0 aromatic carbocycles. The van der Waals surface area contributed by atoms with Crippen molar-refractivity contribution in [3.8, 4) is 0 Å². The zero-order valence-electron chi connectivity index (χ0n) is 7.68. The van der Waals surface area contributed by atoms with Crippen LogP contribution in [0, 0.1) is 17.3 Å². The summed E-state index contributed by atoms with van der Waals surface area (Å²) in [4.78, 5) is 0. The lowest BCUT2D eigenvalue weighted by atomic mass is 9.90. The molecule has 2 aliphatic rings. The van der Waals surface area contributed by atoms with Gasteiger partial charge < -0.3 is 0 Å². The topological polar surface area (TPSA) is 0 Å². The maximum Gasteiger partial charge on any atom is 0.0354 e. The average molecular weight is 169 g/mol. The third-order valence-corrected chi connectivity index (χ3v) is 5.02. The average Bonchev–Trinajstić information content (AvgIpc) is 2.26. The second kappa shape index (κ2) is 1.99. The molecule has 0 saturated heterocycles. The Morgan fingerprint density at radius 1 is 1.27 bits per heavy atom. The first-order valence-corrected chi connectivity index (χ1v) is 5.10. The fourth-order valence-corrected chi connectivity index (χ4v) is 3.77. The molecule has 0 heterocycles. The number of fused-ring (bicyclic) bond motifs is 1. The normalized spacial score (nSPS) is 53.5. The Morgan fingerprint density at radius 2 is 1.91 bits per heavy atom. The first kappa shape index (κ1) is 7.97. The van der Waals surface area contributed by atoms with Gasteiger partial charge in [0.25, 0.3) is 0 Å². The van der Waals surface area contributed by atoms with Crippen molar-refractivity contribution in [3.63, 3.8) is 0 Å². The molecule has 3 unspecified atom stereocenters. The molecule has 2 fully saturated rings. The summed E-state index contributed by atoms with van der Waals surface area (Å²) in [7, 11) is 0. The van der Waals surface area contributed by atoms with Crippen LogP contribution >= 0.6 is 12.6 Å². The molecule has 1 radical (unpaired) electrons. The predicted molar refractivity (Wildman–Crippen MR) is 50.6 cm³/mol. The van der Waals surface area contributed by atoms with E-state index in [1.54, 1.807) is 0 Å². The van der Waals surface area contributed by atoms with E-state index in [1.165, 1.54) is 19.3 Å². The molecule has 2 rings (SSSR count). The molecule has 3 atom stereocenters. The van der Waals surface area contributed by atoms with Crippen LogP contribution in [0.25, 0.3) is 0 Å². The van der Waals surface area contributed by atoms with E-state index in [4.69, 9.17) is 12.6 Å². The van der Waals surface area contributed by atoms with Gasteiger partial charge in [0.2, 0.25) is 0 Å². The zero-order valence-corrected chi connectivity index (χ0v) is 8.50. The molecule has 0 bridgehead atoms. The van der Waals surface area contributed by atoms with E-state index in [9.17, 15) is 0 Å². The Balaban J connectivity index is 2.17. The van der Waals surface area contributed by atoms with Crippen LogP contribution in [-0.2, 0) is 0 Å². The van der Waals surface area contributed by atoms with E-state index < -0.39 is 0 Å². The molecule has 0 aromatic rings. The number of rotatable bonds is 0. The van der Waals surface area contributed by atoms with Crippen LogP contribution in [0.1, 0.15) is 40.0 Å². The predicted octanol–water partition coefficient (Wildman–Crippen LogP) is 3.40. The lowest BCUT2D eigenvalue weighted by Crippen LogP contribution is -2.17. The van der Waals surface area contributed by atoms with Crippen molar-refractivity contribution in [2.24, 2.45) is 17.3 Å². The largest absolute Gasteiger partial charge is 0.0858 e.